The fourth-order valence-corrected chi connectivity index (χ4v) is 1.53. The summed E-state index contributed by atoms with van der Waals surface area (Å²) in [4.78, 5) is 8.22. The van der Waals surface area contributed by atoms with Crippen molar-refractivity contribution < 1.29 is 4.42 Å². The van der Waals surface area contributed by atoms with Crippen molar-refractivity contribution in [2.75, 3.05) is 5.43 Å². The number of aromatic nitrogens is 2. The van der Waals surface area contributed by atoms with Crippen LogP contribution in [0.4, 0.5) is 6.01 Å². The average Bonchev–Trinajstić information content (AvgIpc) is 2.82. The van der Waals surface area contributed by atoms with Crippen molar-refractivity contribution in [1.82, 2.24) is 9.97 Å². The molecule has 1 N–H and O–H groups in total. The van der Waals surface area contributed by atoms with Crippen molar-refractivity contribution in [3.8, 4) is 0 Å². The van der Waals surface area contributed by atoms with E-state index >= 15 is 0 Å². The van der Waals surface area contributed by atoms with E-state index in [0.717, 1.165) is 16.7 Å². The molecule has 3 rings (SSSR count). The van der Waals surface area contributed by atoms with Gasteiger partial charge in [-0.2, -0.15) is 10.1 Å². The second-order valence-corrected chi connectivity index (χ2v) is 3.64. The van der Waals surface area contributed by atoms with Crippen LogP contribution in [0.2, 0.25) is 0 Å². The lowest BCUT2D eigenvalue weighted by Gasteiger charge is -1.92. The summed E-state index contributed by atoms with van der Waals surface area (Å²) in [7, 11) is 0. The van der Waals surface area contributed by atoms with Gasteiger partial charge in [0.1, 0.15) is 5.52 Å². The van der Waals surface area contributed by atoms with E-state index in [1.54, 1.807) is 18.6 Å². The fourth-order valence-electron chi connectivity index (χ4n) is 1.53. The van der Waals surface area contributed by atoms with Crippen LogP contribution in [0.25, 0.3) is 11.1 Å². The first-order chi connectivity index (χ1) is 8.92. The van der Waals surface area contributed by atoms with E-state index < -0.39 is 0 Å². The van der Waals surface area contributed by atoms with Crippen LogP contribution in [-0.2, 0) is 0 Å². The van der Waals surface area contributed by atoms with Crippen molar-refractivity contribution in [2.45, 2.75) is 0 Å². The molecule has 1 aromatic carbocycles. The number of para-hydroxylation sites is 2. The van der Waals surface area contributed by atoms with Gasteiger partial charge in [-0.1, -0.05) is 18.2 Å². The summed E-state index contributed by atoms with van der Waals surface area (Å²) >= 11 is 0. The van der Waals surface area contributed by atoms with Crippen LogP contribution < -0.4 is 5.43 Å². The minimum Gasteiger partial charge on any atom is -0.422 e. The molecule has 5 heteroatoms. The van der Waals surface area contributed by atoms with Gasteiger partial charge in [-0.15, -0.1) is 0 Å². The van der Waals surface area contributed by atoms with Gasteiger partial charge in [0.2, 0.25) is 0 Å². The molecule has 0 amide bonds. The number of pyridine rings is 1. The normalized spacial score (nSPS) is 11.1. The number of hydrogen-bond acceptors (Lipinski definition) is 5. The maximum absolute atomic E-state index is 5.45. The van der Waals surface area contributed by atoms with Crippen molar-refractivity contribution in [2.24, 2.45) is 5.10 Å². The molecular weight excluding hydrogens is 228 g/mol. The molecule has 2 heterocycles. The summed E-state index contributed by atoms with van der Waals surface area (Å²) in [5, 5.41) is 4.04. The smallest absolute Gasteiger partial charge is 0.316 e. The van der Waals surface area contributed by atoms with Crippen molar-refractivity contribution in [3.63, 3.8) is 0 Å². The number of rotatable bonds is 3. The van der Waals surface area contributed by atoms with Crippen LogP contribution in [-0.4, -0.2) is 16.2 Å². The average molecular weight is 238 g/mol. The van der Waals surface area contributed by atoms with E-state index in [1.807, 2.05) is 36.4 Å². The van der Waals surface area contributed by atoms with E-state index in [0.29, 0.717) is 6.01 Å². The minimum atomic E-state index is 0.372. The van der Waals surface area contributed by atoms with Gasteiger partial charge in [0.15, 0.2) is 5.58 Å². The van der Waals surface area contributed by atoms with Crippen LogP contribution in [0.15, 0.2) is 58.3 Å². The van der Waals surface area contributed by atoms with Crippen LogP contribution in [0, 0.1) is 0 Å². The zero-order valence-electron chi connectivity index (χ0n) is 9.45. The molecule has 0 fully saturated rings. The summed E-state index contributed by atoms with van der Waals surface area (Å²) in [6, 6.07) is 11.7. The highest BCUT2D eigenvalue weighted by Gasteiger charge is 2.02. The maximum Gasteiger partial charge on any atom is 0.316 e. The van der Waals surface area contributed by atoms with Crippen LogP contribution in [0.3, 0.4) is 0 Å². The second kappa shape index (κ2) is 4.67. The summed E-state index contributed by atoms with van der Waals surface area (Å²) < 4.78 is 5.45. The van der Waals surface area contributed by atoms with E-state index in [-0.39, 0.29) is 0 Å². The van der Waals surface area contributed by atoms with Gasteiger partial charge in [-0.3, -0.25) is 4.98 Å². The third-order valence-electron chi connectivity index (χ3n) is 2.35. The molecule has 0 bridgehead atoms. The molecule has 18 heavy (non-hydrogen) atoms. The Balaban J connectivity index is 1.75. The van der Waals surface area contributed by atoms with E-state index in [1.165, 1.54) is 0 Å². The standard InChI is InChI=1S/C13H10N4O/c1-2-6-12-11(5-1)16-13(18-12)17-15-9-10-4-3-7-14-8-10/h1-9H,(H,16,17)/b15-9-. The van der Waals surface area contributed by atoms with Crippen molar-refractivity contribution >= 4 is 23.3 Å². The van der Waals surface area contributed by atoms with E-state index in [9.17, 15) is 0 Å². The zero-order valence-corrected chi connectivity index (χ0v) is 9.45. The topological polar surface area (TPSA) is 63.3 Å². The Morgan fingerprint density at radius 2 is 2.11 bits per heavy atom. The van der Waals surface area contributed by atoms with Gasteiger partial charge in [0.05, 0.1) is 6.21 Å². The van der Waals surface area contributed by atoms with Gasteiger partial charge in [0, 0.05) is 18.0 Å². The number of anilines is 1. The lowest BCUT2D eigenvalue weighted by atomic mass is 10.3. The summed E-state index contributed by atoms with van der Waals surface area (Å²) in [5.41, 5.74) is 5.19. The van der Waals surface area contributed by atoms with Crippen LogP contribution >= 0.6 is 0 Å². The van der Waals surface area contributed by atoms with Crippen molar-refractivity contribution in [1.29, 1.82) is 0 Å². The Hall–Kier alpha value is -2.69. The number of fused-ring (bicyclic) bond motifs is 1. The minimum absolute atomic E-state index is 0.372. The SMILES string of the molecule is C(=N/Nc1nc2ccccc2o1)/c1cccnc1. The third-order valence-corrected chi connectivity index (χ3v) is 2.35. The highest BCUT2D eigenvalue weighted by atomic mass is 16.4. The van der Waals surface area contributed by atoms with E-state index in [2.05, 4.69) is 20.5 Å². The molecule has 0 radical (unpaired) electrons. The molecule has 0 saturated heterocycles. The van der Waals surface area contributed by atoms with Gasteiger partial charge in [-0.05, 0) is 18.2 Å². The third kappa shape index (κ3) is 2.20. The number of hydrazone groups is 1. The zero-order chi connectivity index (χ0) is 12.2. The molecular formula is C13H10N4O. The molecule has 3 aromatic rings. The monoisotopic (exact) mass is 238 g/mol. The Kier molecular flexibility index (Phi) is 2.71. The molecule has 0 atom stereocenters. The molecule has 88 valence electrons. The quantitative estimate of drug-likeness (QED) is 0.562. The number of benzene rings is 1. The van der Waals surface area contributed by atoms with Gasteiger partial charge in [-0.25, -0.2) is 5.43 Å². The Bertz CT molecular complexity index is 643. The lowest BCUT2D eigenvalue weighted by Crippen LogP contribution is -1.90. The predicted octanol–water partition coefficient (Wildman–Crippen LogP) is 2.67. The molecule has 5 nitrogen and oxygen atoms in total. The first-order valence-electron chi connectivity index (χ1n) is 5.46. The second-order valence-electron chi connectivity index (χ2n) is 3.64. The summed E-state index contributed by atoms with van der Waals surface area (Å²) in [5.74, 6) is 0. The van der Waals surface area contributed by atoms with Gasteiger partial charge < -0.3 is 4.42 Å². The first-order valence-corrected chi connectivity index (χ1v) is 5.46. The highest BCUT2D eigenvalue weighted by molar-refractivity contribution is 5.79. The fraction of sp³-hybridized carbons (Fsp3) is 0. The molecule has 0 aliphatic carbocycles. The van der Waals surface area contributed by atoms with E-state index in [4.69, 9.17) is 4.42 Å². The molecule has 0 saturated carbocycles. The Labute approximate surface area is 103 Å². The highest BCUT2D eigenvalue weighted by Crippen LogP contribution is 2.17. The first kappa shape index (κ1) is 10.5. The van der Waals surface area contributed by atoms with Crippen molar-refractivity contribution in [3.05, 3.63) is 54.4 Å². The van der Waals surface area contributed by atoms with Crippen LogP contribution in [0.5, 0.6) is 0 Å². The Morgan fingerprint density at radius 1 is 1.17 bits per heavy atom. The molecule has 0 aliphatic rings. The molecule has 0 aliphatic heterocycles. The summed E-state index contributed by atoms with van der Waals surface area (Å²) in [6.07, 6.45) is 5.09. The van der Waals surface area contributed by atoms with Gasteiger partial charge in [0.25, 0.3) is 0 Å². The van der Waals surface area contributed by atoms with Gasteiger partial charge >= 0.3 is 6.01 Å². The number of nitrogens with zero attached hydrogens (tertiary/aromatic N) is 3. The number of oxazole rings is 1. The predicted molar refractivity (Wildman–Crippen MR) is 69.5 cm³/mol. The lowest BCUT2D eigenvalue weighted by molar-refractivity contribution is 0.617. The van der Waals surface area contributed by atoms with Crippen LogP contribution in [0.1, 0.15) is 5.56 Å². The maximum atomic E-state index is 5.45. The summed E-state index contributed by atoms with van der Waals surface area (Å²) in [6.45, 7) is 0. The Morgan fingerprint density at radius 3 is 2.94 bits per heavy atom. The number of nitrogens with one attached hydrogen (secondary N) is 1. The molecule has 2 aromatic heterocycles. The molecule has 0 spiro atoms. The largest absolute Gasteiger partial charge is 0.422 e. The number of hydrogen-bond donors (Lipinski definition) is 1. The molecule has 0 unspecified atom stereocenters.